The van der Waals surface area contributed by atoms with E-state index in [4.69, 9.17) is 32.7 Å². The maximum Gasteiger partial charge on any atom is 0.346 e. The lowest BCUT2D eigenvalue weighted by atomic mass is 10.1. The van der Waals surface area contributed by atoms with Gasteiger partial charge in [-0.1, -0.05) is 41.4 Å². The molecule has 3 aromatic rings. The van der Waals surface area contributed by atoms with Crippen LogP contribution in [0.3, 0.4) is 0 Å². The van der Waals surface area contributed by atoms with Crippen molar-refractivity contribution in [1.82, 2.24) is 0 Å². The Balaban J connectivity index is 1.60. The lowest BCUT2D eigenvalue weighted by molar-refractivity contribution is 0.0729. The van der Waals surface area contributed by atoms with Crippen LogP contribution in [0.15, 0.2) is 66.4 Å². The van der Waals surface area contributed by atoms with Crippen LogP contribution in [0.2, 0.25) is 10.0 Å². The molecule has 4 nitrogen and oxygen atoms in total. The summed E-state index contributed by atoms with van der Waals surface area (Å²) >= 11 is 12.3. The van der Waals surface area contributed by atoms with Gasteiger partial charge in [0, 0.05) is 21.7 Å². The SMILES string of the molecule is O=C(Oc1ccc2c(c1)OC(=Cc1c(Cl)cccc1Cl)C2=O)c1ccccc1F. The summed E-state index contributed by atoms with van der Waals surface area (Å²) in [6, 6.07) is 14.8. The Bertz CT molecular complexity index is 1170. The molecule has 1 aliphatic heterocycles. The maximum atomic E-state index is 13.7. The second kappa shape index (κ2) is 7.70. The molecular weight excluding hydrogens is 418 g/mol. The van der Waals surface area contributed by atoms with Crippen LogP contribution >= 0.6 is 23.2 Å². The van der Waals surface area contributed by atoms with Gasteiger partial charge in [0.15, 0.2) is 5.76 Å². The molecule has 29 heavy (non-hydrogen) atoms. The Labute approximate surface area is 175 Å². The number of halogens is 3. The van der Waals surface area contributed by atoms with E-state index in [9.17, 15) is 14.0 Å². The molecule has 0 radical (unpaired) electrons. The third-order valence-electron chi connectivity index (χ3n) is 4.22. The number of hydrogen-bond donors (Lipinski definition) is 0. The lowest BCUT2D eigenvalue weighted by Crippen LogP contribution is -2.10. The molecule has 7 heteroatoms. The van der Waals surface area contributed by atoms with Crippen molar-refractivity contribution in [2.45, 2.75) is 0 Å². The molecule has 1 aliphatic rings. The summed E-state index contributed by atoms with van der Waals surface area (Å²) in [6.07, 6.45) is 1.46. The van der Waals surface area contributed by atoms with Gasteiger partial charge >= 0.3 is 5.97 Å². The van der Waals surface area contributed by atoms with E-state index in [1.165, 1.54) is 42.5 Å². The van der Waals surface area contributed by atoms with E-state index in [0.29, 0.717) is 21.2 Å². The molecule has 0 aromatic heterocycles. The summed E-state index contributed by atoms with van der Waals surface area (Å²) in [5.74, 6) is -1.54. The fourth-order valence-electron chi connectivity index (χ4n) is 2.80. The molecule has 0 amide bonds. The Hall–Kier alpha value is -3.15. The van der Waals surface area contributed by atoms with Crippen LogP contribution < -0.4 is 9.47 Å². The van der Waals surface area contributed by atoms with Crippen molar-refractivity contribution in [1.29, 1.82) is 0 Å². The van der Waals surface area contributed by atoms with Crippen LogP contribution in [0.5, 0.6) is 11.5 Å². The second-order valence-electron chi connectivity index (χ2n) is 6.10. The number of hydrogen-bond acceptors (Lipinski definition) is 4. The monoisotopic (exact) mass is 428 g/mol. The quantitative estimate of drug-likeness (QED) is 0.293. The molecule has 0 N–H and O–H groups in total. The minimum atomic E-state index is -0.856. The van der Waals surface area contributed by atoms with E-state index in [-0.39, 0.29) is 28.6 Å². The number of carbonyl (C=O) groups excluding carboxylic acids is 2. The van der Waals surface area contributed by atoms with E-state index in [1.807, 2.05) is 0 Å². The molecule has 1 heterocycles. The van der Waals surface area contributed by atoms with Gasteiger partial charge in [-0.25, -0.2) is 9.18 Å². The average Bonchev–Trinajstić information content (AvgIpc) is 3.00. The Morgan fingerprint density at radius 2 is 1.72 bits per heavy atom. The molecule has 0 saturated carbocycles. The number of carbonyl (C=O) groups is 2. The first-order valence-electron chi connectivity index (χ1n) is 8.43. The summed E-state index contributed by atoms with van der Waals surface area (Å²) in [4.78, 5) is 24.8. The number of ether oxygens (including phenoxy) is 2. The van der Waals surface area contributed by atoms with Gasteiger partial charge in [0.05, 0.1) is 11.1 Å². The van der Waals surface area contributed by atoms with E-state index in [1.54, 1.807) is 18.2 Å². The van der Waals surface area contributed by atoms with Crippen molar-refractivity contribution in [3.05, 3.63) is 99.0 Å². The molecule has 4 rings (SSSR count). The molecule has 3 aromatic carbocycles. The van der Waals surface area contributed by atoms with Crippen molar-refractivity contribution in [2.75, 3.05) is 0 Å². The largest absolute Gasteiger partial charge is 0.452 e. The first kappa shape index (κ1) is 19.2. The topological polar surface area (TPSA) is 52.6 Å². The maximum absolute atomic E-state index is 13.7. The van der Waals surface area contributed by atoms with E-state index < -0.39 is 11.8 Å². The van der Waals surface area contributed by atoms with Crippen molar-refractivity contribution >= 4 is 41.0 Å². The smallest absolute Gasteiger partial charge is 0.346 e. The number of Topliss-reactive ketones (excluding diaryl/α,β-unsaturated/α-hetero) is 1. The molecular formula is C22H11Cl2FO4. The minimum Gasteiger partial charge on any atom is -0.452 e. The van der Waals surface area contributed by atoms with E-state index >= 15 is 0 Å². The van der Waals surface area contributed by atoms with Crippen LogP contribution in [-0.4, -0.2) is 11.8 Å². The number of benzene rings is 3. The predicted octanol–water partition coefficient (Wildman–Crippen LogP) is 5.97. The third-order valence-corrected chi connectivity index (χ3v) is 4.88. The highest BCUT2D eigenvalue weighted by Crippen LogP contribution is 2.36. The van der Waals surface area contributed by atoms with Gasteiger partial charge in [-0.15, -0.1) is 0 Å². The highest BCUT2D eigenvalue weighted by Gasteiger charge is 2.28. The van der Waals surface area contributed by atoms with Gasteiger partial charge in [0.1, 0.15) is 17.3 Å². The molecule has 0 spiro atoms. The summed E-state index contributed by atoms with van der Waals surface area (Å²) < 4.78 is 24.6. The standard InChI is InChI=1S/C22H11Cl2FO4/c23-16-5-3-6-17(24)15(16)11-20-21(26)14-9-8-12(10-19(14)29-20)28-22(27)13-4-1-2-7-18(13)25/h1-11H. The number of rotatable bonds is 3. The zero-order chi connectivity index (χ0) is 20.5. The van der Waals surface area contributed by atoms with Gasteiger partial charge in [-0.05, 0) is 42.5 Å². The zero-order valence-electron chi connectivity index (χ0n) is 14.6. The van der Waals surface area contributed by atoms with Gasteiger partial charge in [-0.2, -0.15) is 0 Å². The molecule has 0 saturated heterocycles. The van der Waals surface area contributed by atoms with Gasteiger partial charge in [0.2, 0.25) is 5.78 Å². The van der Waals surface area contributed by atoms with E-state index in [0.717, 1.165) is 6.07 Å². The molecule has 144 valence electrons. The van der Waals surface area contributed by atoms with Crippen LogP contribution in [-0.2, 0) is 0 Å². The third kappa shape index (κ3) is 3.75. The van der Waals surface area contributed by atoms with Crippen molar-refractivity contribution in [2.24, 2.45) is 0 Å². The highest BCUT2D eigenvalue weighted by molar-refractivity contribution is 6.37. The van der Waals surface area contributed by atoms with Crippen LogP contribution in [0.25, 0.3) is 6.08 Å². The highest BCUT2D eigenvalue weighted by atomic mass is 35.5. The number of fused-ring (bicyclic) bond motifs is 1. The fraction of sp³-hybridized carbons (Fsp3) is 0. The molecule has 0 bridgehead atoms. The molecule has 0 aliphatic carbocycles. The van der Waals surface area contributed by atoms with Gasteiger partial charge in [0.25, 0.3) is 0 Å². The molecule has 0 atom stereocenters. The lowest BCUT2D eigenvalue weighted by Gasteiger charge is -2.06. The number of allylic oxidation sites excluding steroid dienone is 1. The molecule has 0 unspecified atom stereocenters. The van der Waals surface area contributed by atoms with Crippen molar-refractivity contribution in [3.8, 4) is 11.5 Å². The average molecular weight is 429 g/mol. The van der Waals surface area contributed by atoms with Gasteiger partial charge in [-0.3, -0.25) is 4.79 Å². The van der Waals surface area contributed by atoms with Crippen molar-refractivity contribution < 1.29 is 23.5 Å². The second-order valence-corrected chi connectivity index (χ2v) is 6.92. The predicted molar refractivity (Wildman–Crippen MR) is 107 cm³/mol. The summed E-state index contributed by atoms with van der Waals surface area (Å²) in [5.41, 5.74) is 0.558. The summed E-state index contributed by atoms with van der Waals surface area (Å²) in [5, 5.41) is 0.744. The number of ketones is 1. The van der Waals surface area contributed by atoms with Crippen LogP contribution in [0.4, 0.5) is 4.39 Å². The normalized spacial score (nSPS) is 13.9. The Kier molecular flexibility index (Phi) is 5.09. The number of esters is 1. The van der Waals surface area contributed by atoms with Crippen LogP contribution in [0.1, 0.15) is 26.3 Å². The minimum absolute atomic E-state index is 0.0348. The molecule has 0 fully saturated rings. The van der Waals surface area contributed by atoms with E-state index in [2.05, 4.69) is 0 Å². The first-order valence-corrected chi connectivity index (χ1v) is 9.18. The summed E-state index contributed by atoms with van der Waals surface area (Å²) in [7, 11) is 0. The van der Waals surface area contributed by atoms with Gasteiger partial charge < -0.3 is 9.47 Å². The first-order chi connectivity index (χ1) is 13.9. The summed E-state index contributed by atoms with van der Waals surface area (Å²) in [6.45, 7) is 0. The van der Waals surface area contributed by atoms with Crippen LogP contribution in [0, 0.1) is 5.82 Å². The fourth-order valence-corrected chi connectivity index (χ4v) is 3.31. The Morgan fingerprint density at radius 1 is 1.00 bits per heavy atom. The Morgan fingerprint density at radius 3 is 2.45 bits per heavy atom. The van der Waals surface area contributed by atoms with Crippen molar-refractivity contribution in [3.63, 3.8) is 0 Å². The zero-order valence-corrected chi connectivity index (χ0v) is 16.1.